The molecule has 7 heterocycles. The molecule has 586 valence electrons. The van der Waals surface area contributed by atoms with Crippen LogP contribution in [0.3, 0.4) is 0 Å². The van der Waals surface area contributed by atoms with Crippen molar-refractivity contribution in [2.75, 3.05) is 0 Å². The third-order valence-corrected chi connectivity index (χ3v) is 29.0. The maximum absolute atomic E-state index is 5.97. The second kappa shape index (κ2) is 25.3. The molecule has 8 nitrogen and oxygen atoms in total. The molecule has 0 amide bonds. The molecular weight excluding hydrogens is 1510 g/mol. The minimum Gasteiger partial charge on any atom is -0.309 e. The quantitative estimate of drug-likeness (QED) is 0.144. The number of benzene rings is 15. The fourth-order valence-electron chi connectivity index (χ4n) is 22.9. The van der Waals surface area contributed by atoms with Crippen LogP contribution in [0.25, 0.3) is 211 Å². The monoisotopic (exact) mass is 1590 g/mol. The Morgan fingerprint density at radius 3 is 0.839 bits per heavy atom. The molecule has 7 aromatic heterocycles. The van der Waals surface area contributed by atoms with Crippen molar-refractivity contribution >= 4 is 87.2 Å². The first kappa shape index (κ1) is 70.7. The highest BCUT2D eigenvalue weighted by Crippen LogP contribution is 2.58. The number of rotatable bonds is 9. The van der Waals surface area contributed by atoms with E-state index in [1.54, 1.807) is 0 Å². The van der Waals surface area contributed by atoms with Crippen LogP contribution >= 0.6 is 0 Å². The highest BCUT2D eigenvalue weighted by molar-refractivity contribution is 6.17. The van der Waals surface area contributed by atoms with E-state index in [1.165, 1.54) is 132 Å². The second-order valence-electron chi connectivity index (χ2n) is 36.8. The molecule has 0 bridgehead atoms. The van der Waals surface area contributed by atoms with Gasteiger partial charge in [0.2, 0.25) is 0 Å². The van der Waals surface area contributed by atoms with E-state index < -0.39 is 0 Å². The van der Waals surface area contributed by atoms with Gasteiger partial charge in [-0.25, -0.2) is 9.97 Å². The zero-order chi connectivity index (χ0) is 82.7. The average Bonchev–Trinajstić information content (AvgIpc) is 1.53. The van der Waals surface area contributed by atoms with Gasteiger partial charge < -0.3 is 18.3 Å². The SMILES string of the molecule is CC1(C)c2ccccc2-c2cc3c4ccccc4n(-c4ccncc4-c4cc(-c5cc(-c6ccccc6)nc(-c6ccc(-n7c8ccccc8c8cc9c(cc87)C(C)(C)c7ccccc7-9)c(-c7cnccc7-n7c8ccccc8c8cc9c(cc87)C(C)(C)c7ccccc7-9)c6)n5)ccc4-n4c5ccccc5c5cc6c(cc54)C(C)(C)c4ccccc4-6)c3cc21. The fourth-order valence-corrected chi connectivity index (χ4v) is 22.9. The maximum Gasteiger partial charge on any atom is 0.160 e. The lowest BCUT2D eigenvalue weighted by molar-refractivity contribution is 0.661. The molecule has 4 aliphatic carbocycles. The smallest absolute Gasteiger partial charge is 0.160 e. The molecule has 8 heteroatoms. The summed E-state index contributed by atoms with van der Waals surface area (Å²) in [6.07, 6.45) is 8.13. The summed E-state index contributed by atoms with van der Waals surface area (Å²) >= 11 is 0. The molecule has 0 spiro atoms. The van der Waals surface area contributed by atoms with E-state index in [2.05, 4.69) is 414 Å². The summed E-state index contributed by atoms with van der Waals surface area (Å²) in [5.41, 5.74) is 41.2. The largest absolute Gasteiger partial charge is 0.309 e. The molecule has 0 fully saturated rings. The maximum atomic E-state index is 5.97. The number of para-hydroxylation sites is 4. The summed E-state index contributed by atoms with van der Waals surface area (Å²) < 4.78 is 10.1. The Hall–Kier alpha value is -15.1. The molecule has 0 aliphatic heterocycles. The summed E-state index contributed by atoms with van der Waals surface area (Å²) in [7, 11) is 0. The number of nitrogens with zero attached hydrogens (tertiary/aromatic N) is 8. The van der Waals surface area contributed by atoms with Crippen molar-refractivity contribution in [2.45, 2.75) is 77.0 Å². The first-order chi connectivity index (χ1) is 60.5. The summed E-state index contributed by atoms with van der Waals surface area (Å²) in [5.74, 6) is 0.582. The Bertz CT molecular complexity index is 8030. The van der Waals surface area contributed by atoms with Crippen molar-refractivity contribution in [3.05, 3.63) is 397 Å². The molecule has 0 saturated carbocycles. The van der Waals surface area contributed by atoms with Crippen LogP contribution < -0.4 is 0 Å². The van der Waals surface area contributed by atoms with Gasteiger partial charge in [-0.15, -0.1) is 0 Å². The van der Waals surface area contributed by atoms with Crippen LogP contribution in [-0.2, 0) is 21.7 Å². The first-order valence-corrected chi connectivity index (χ1v) is 43.4. The predicted octanol–water partition coefficient (Wildman–Crippen LogP) is 29.2. The zero-order valence-electron chi connectivity index (χ0n) is 70.1. The Morgan fingerprint density at radius 1 is 0.194 bits per heavy atom. The standard InChI is InChI=1S/C116H82N8/c1-113(2)90-38-20-12-30-70(90)78-56-84-74-34-16-24-42-100(74)121(108(84)60-94(78)113)104-48-46-68(54-82(104)88-65-117-52-50-106(88)123-102-44-26-18-36-76(102)86-58-80-72-32-14-22-40-92(72)115(5,6)96(80)62-110(86)123)99-64-98(67-28-10-9-11-29-67)119-112(120-99)69-47-49-105(122-101-43-25-17-35-75(101)85-57-79-71-31-13-21-39-91(71)114(3,4)95(79)61-109(85)122)83(55-69)89-66-118-53-51-107(89)124-103-45-27-19-37-77(103)87-59-81-73-33-15-23-41-93(73)116(7,8)97(81)63-111(87)124/h9-66H,1-8H3. The Labute approximate surface area is 718 Å². The van der Waals surface area contributed by atoms with Crippen molar-refractivity contribution in [3.63, 3.8) is 0 Å². The lowest BCUT2D eigenvalue weighted by Gasteiger charge is -2.23. The highest BCUT2D eigenvalue weighted by atomic mass is 15.0. The normalized spacial score (nSPS) is 14.5. The van der Waals surface area contributed by atoms with Gasteiger partial charge in [-0.2, -0.15) is 0 Å². The second-order valence-corrected chi connectivity index (χ2v) is 36.8. The van der Waals surface area contributed by atoms with Crippen LogP contribution in [0.1, 0.15) is 99.9 Å². The highest BCUT2D eigenvalue weighted by Gasteiger charge is 2.42. The van der Waals surface area contributed by atoms with Crippen molar-refractivity contribution in [1.29, 1.82) is 0 Å². The van der Waals surface area contributed by atoms with Gasteiger partial charge in [-0.05, 0) is 210 Å². The van der Waals surface area contributed by atoms with Gasteiger partial charge in [0, 0.05) is 128 Å². The lowest BCUT2D eigenvalue weighted by atomic mass is 9.82. The van der Waals surface area contributed by atoms with Crippen LogP contribution in [0.4, 0.5) is 0 Å². The van der Waals surface area contributed by atoms with E-state index in [4.69, 9.17) is 19.9 Å². The fraction of sp³-hybridized carbons (Fsp3) is 0.103. The summed E-state index contributed by atoms with van der Waals surface area (Å²) in [6, 6.07) is 123. The van der Waals surface area contributed by atoms with Gasteiger partial charge in [0.15, 0.2) is 5.82 Å². The van der Waals surface area contributed by atoms with Crippen LogP contribution in [0, 0.1) is 0 Å². The van der Waals surface area contributed by atoms with Gasteiger partial charge >= 0.3 is 0 Å². The van der Waals surface area contributed by atoms with E-state index in [-0.39, 0.29) is 21.7 Å². The number of pyridine rings is 2. The van der Waals surface area contributed by atoms with E-state index >= 15 is 0 Å². The molecule has 4 aliphatic rings. The van der Waals surface area contributed by atoms with E-state index in [0.717, 1.165) is 117 Å². The molecule has 0 unspecified atom stereocenters. The van der Waals surface area contributed by atoms with Crippen molar-refractivity contribution in [3.8, 4) is 123 Å². The van der Waals surface area contributed by atoms with Crippen LogP contribution in [0.5, 0.6) is 0 Å². The Kier molecular flexibility index (Phi) is 14.4. The van der Waals surface area contributed by atoms with Gasteiger partial charge in [0.05, 0.1) is 78.3 Å². The molecule has 15 aromatic carbocycles. The van der Waals surface area contributed by atoms with Crippen molar-refractivity contribution < 1.29 is 0 Å². The van der Waals surface area contributed by atoms with Gasteiger partial charge in [0.25, 0.3) is 0 Å². The topological polar surface area (TPSA) is 71.3 Å². The van der Waals surface area contributed by atoms with Crippen molar-refractivity contribution in [2.24, 2.45) is 0 Å². The predicted molar refractivity (Wildman–Crippen MR) is 512 cm³/mol. The molecular formula is C116H82N8. The average molecular weight is 1590 g/mol. The zero-order valence-corrected chi connectivity index (χ0v) is 70.1. The number of hydrogen-bond acceptors (Lipinski definition) is 4. The molecule has 22 aromatic rings. The summed E-state index contributed by atoms with van der Waals surface area (Å²) in [4.78, 5) is 22.1. The molecule has 26 rings (SSSR count). The molecule has 0 saturated heterocycles. The number of fused-ring (bicyclic) bond motifs is 24. The van der Waals surface area contributed by atoms with Crippen LogP contribution in [0.15, 0.2) is 352 Å². The van der Waals surface area contributed by atoms with Gasteiger partial charge in [-0.1, -0.05) is 262 Å². The third kappa shape index (κ3) is 9.62. The summed E-state index contributed by atoms with van der Waals surface area (Å²) in [5, 5.41) is 9.55. The van der Waals surface area contributed by atoms with Gasteiger partial charge in [0.1, 0.15) is 0 Å². The molecule has 0 atom stereocenters. The van der Waals surface area contributed by atoms with Crippen LogP contribution in [-0.4, -0.2) is 38.2 Å². The minimum atomic E-state index is -0.258. The Morgan fingerprint density at radius 2 is 0.484 bits per heavy atom. The molecule has 0 radical (unpaired) electrons. The Balaban J connectivity index is 0.730. The van der Waals surface area contributed by atoms with E-state index in [9.17, 15) is 0 Å². The molecule has 124 heavy (non-hydrogen) atoms. The van der Waals surface area contributed by atoms with E-state index in [1.807, 2.05) is 12.4 Å². The first-order valence-electron chi connectivity index (χ1n) is 43.4. The number of aromatic nitrogens is 8. The minimum absolute atomic E-state index is 0.241. The van der Waals surface area contributed by atoms with Gasteiger partial charge in [-0.3, -0.25) is 9.97 Å². The lowest BCUT2D eigenvalue weighted by Crippen LogP contribution is -2.15. The van der Waals surface area contributed by atoms with Crippen LogP contribution in [0.2, 0.25) is 0 Å². The van der Waals surface area contributed by atoms with E-state index in [0.29, 0.717) is 5.82 Å². The third-order valence-electron chi connectivity index (χ3n) is 29.0. The summed E-state index contributed by atoms with van der Waals surface area (Å²) in [6.45, 7) is 19.1. The van der Waals surface area contributed by atoms with Crippen molar-refractivity contribution in [1.82, 2.24) is 38.2 Å². The molecule has 0 N–H and O–H groups in total. The number of hydrogen-bond donors (Lipinski definition) is 0.